The lowest BCUT2D eigenvalue weighted by Gasteiger charge is -2.13. The van der Waals surface area contributed by atoms with Gasteiger partial charge >= 0.3 is 0 Å². The summed E-state index contributed by atoms with van der Waals surface area (Å²) in [6.07, 6.45) is 11.5. The van der Waals surface area contributed by atoms with Gasteiger partial charge in [-0.2, -0.15) is 0 Å². The Kier molecular flexibility index (Phi) is 26.3. The molecule has 0 amide bonds. The minimum Gasteiger partial charge on any atom is -0.336 e. The number of nitrogens with zero attached hydrogens (tertiary/aromatic N) is 3. The number of allylic oxidation sites excluding steroid dienone is 4. The van der Waals surface area contributed by atoms with Crippen LogP contribution in [0.2, 0.25) is 0 Å². The van der Waals surface area contributed by atoms with E-state index in [1.54, 1.807) is 19.3 Å². The van der Waals surface area contributed by atoms with Crippen LogP contribution < -0.4 is 4.90 Å². The lowest BCUT2D eigenvalue weighted by molar-refractivity contribution is 0.651. The number of anilines is 1. The molecule has 0 radical (unpaired) electrons. The molecule has 0 atom stereocenters. The molecule has 1 aromatic heterocycles. The van der Waals surface area contributed by atoms with E-state index in [1.165, 1.54) is 28.7 Å². The van der Waals surface area contributed by atoms with Crippen molar-refractivity contribution in [2.75, 3.05) is 19.0 Å². The van der Waals surface area contributed by atoms with E-state index < -0.39 is 0 Å². The molecule has 3 nitrogen and oxygen atoms in total. The molecular formula is C35H57N3. The molecule has 38 heavy (non-hydrogen) atoms. The molecule has 0 saturated carbocycles. The third-order valence-electron chi connectivity index (χ3n) is 4.57. The van der Waals surface area contributed by atoms with Crippen molar-refractivity contribution in [1.29, 1.82) is 0 Å². The Labute approximate surface area is 236 Å². The van der Waals surface area contributed by atoms with Gasteiger partial charge in [-0.05, 0) is 68.9 Å². The van der Waals surface area contributed by atoms with E-state index in [2.05, 4.69) is 102 Å². The fourth-order valence-corrected chi connectivity index (χ4v) is 2.86. The SMILES string of the molecule is C=C(/C=C\N(C)c1ccc(C)cn1)CC(C)C.C=C(C)c1cc(C)ccc1C.C=CC=NC.CC.CCC. The van der Waals surface area contributed by atoms with Crippen LogP contribution in [0.25, 0.3) is 5.57 Å². The number of hydrogen-bond acceptors (Lipinski definition) is 3. The van der Waals surface area contributed by atoms with Gasteiger partial charge in [-0.1, -0.05) is 115 Å². The molecule has 2 aromatic rings. The maximum Gasteiger partial charge on any atom is 0.132 e. The zero-order valence-electron chi connectivity index (χ0n) is 26.7. The fourth-order valence-electron chi connectivity index (χ4n) is 2.86. The van der Waals surface area contributed by atoms with Gasteiger partial charge < -0.3 is 4.90 Å². The molecule has 0 saturated heterocycles. The Morgan fingerprint density at radius 2 is 1.58 bits per heavy atom. The van der Waals surface area contributed by atoms with Crippen molar-refractivity contribution >= 4 is 17.6 Å². The smallest absolute Gasteiger partial charge is 0.132 e. The highest BCUT2D eigenvalue weighted by Gasteiger charge is 1.99. The second-order valence-corrected chi connectivity index (χ2v) is 9.33. The second kappa shape index (κ2) is 25.4. The van der Waals surface area contributed by atoms with E-state index in [-0.39, 0.29) is 0 Å². The van der Waals surface area contributed by atoms with Gasteiger partial charge in [-0.15, -0.1) is 0 Å². The van der Waals surface area contributed by atoms with Crippen molar-refractivity contribution < 1.29 is 0 Å². The number of rotatable bonds is 7. The summed E-state index contributed by atoms with van der Waals surface area (Å²) in [5.41, 5.74) is 7.36. The molecular weight excluding hydrogens is 462 g/mol. The van der Waals surface area contributed by atoms with Crippen molar-refractivity contribution in [3.8, 4) is 0 Å². The Balaban J connectivity index is -0.000000498. The zero-order chi connectivity index (χ0) is 30.1. The number of aliphatic imine (C=N–C) groups is 1. The van der Waals surface area contributed by atoms with E-state index in [9.17, 15) is 0 Å². The highest BCUT2D eigenvalue weighted by atomic mass is 15.1. The van der Waals surface area contributed by atoms with E-state index in [4.69, 9.17) is 0 Å². The molecule has 0 aliphatic rings. The number of aromatic nitrogens is 1. The highest BCUT2D eigenvalue weighted by Crippen LogP contribution is 2.17. The summed E-state index contributed by atoms with van der Waals surface area (Å²) in [5, 5.41) is 0. The second-order valence-electron chi connectivity index (χ2n) is 9.33. The van der Waals surface area contributed by atoms with Crippen LogP contribution in [-0.4, -0.2) is 25.3 Å². The van der Waals surface area contributed by atoms with Crippen LogP contribution >= 0.6 is 0 Å². The maximum atomic E-state index is 4.36. The third kappa shape index (κ3) is 22.0. The van der Waals surface area contributed by atoms with E-state index in [1.807, 2.05) is 58.1 Å². The Hall–Kier alpha value is -3.20. The van der Waals surface area contributed by atoms with E-state index >= 15 is 0 Å². The van der Waals surface area contributed by atoms with Crippen LogP contribution in [0.1, 0.15) is 83.6 Å². The monoisotopic (exact) mass is 519 g/mol. The molecule has 2 rings (SSSR count). The zero-order valence-corrected chi connectivity index (χ0v) is 26.7. The predicted octanol–water partition coefficient (Wildman–Crippen LogP) is 10.6. The van der Waals surface area contributed by atoms with Crippen molar-refractivity contribution in [2.24, 2.45) is 10.9 Å². The van der Waals surface area contributed by atoms with Crippen LogP contribution in [0.5, 0.6) is 0 Å². The van der Waals surface area contributed by atoms with E-state index in [0.29, 0.717) is 5.92 Å². The van der Waals surface area contributed by atoms with Crippen LogP contribution in [-0.2, 0) is 0 Å². The van der Waals surface area contributed by atoms with Crippen LogP contribution in [0.15, 0.2) is 85.2 Å². The third-order valence-corrected chi connectivity index (χ3v) is 4.57. The normalized spacial score (nSPS) is 9.61. The minimum absolute atomic E-state index is 0.648. The number of hydrogen-bond donors (Lipinski definition) is 0. The average molecular weight is 520 g/mol. The van der Waals surface area contributed by atoms with Crippen molar-refractivity contribution in [1.82, 2.24) is 4.98 Å². The molecule has 1 aromatic carbocycles. The van der Waals surface area contributed by atoms with Gasteiger partial charge in [0.25, 0.3) is 0 Å². The molecule has 0 bridgehead atoms. The van der Waals surface area contributed by atoms with Gasteiger partial charge in [0, 0.05) is 32.7 Å². The fraction of sp³-hybridized carbons (Fsp3) is 0.429. The highest BCUT2D eigenvalue weighted by molar-refractivity contribution is 5.69. The van der Waals surface area contributed by atoms with Gasteiger partial charge in [0.2, 0.25) is 0 Å². The van der Waals surface area contributed by atoms with Crippen molar-refractivity contribution in [3.05, 3.63) is 102 Å². The number of aryl methyl sites for hydroxylation is 3. The first kappa shape index (κ1) is 39.3. The summed E-state index contributed by atoms with van der Waals surface area (Å²) >= 11 is 0. The summed E-state index contributed by atoms with van der Waals surface area (Å²) in [6, 6.07) is 10.5. The van der Waals surface area contributed by atoms with Crippen molar-refractivity contribution in [3.63, 3.8) is 0 Å². The van der Waals surface area contributed by atoms with Crippen LogP contribution in [0, 0.1) is 26.7 Å². The summed E-state index contributed by atoms with van der Waals surface area (Å²) in [4.78, 5) is 9.98. The molecule has 0 aliphatic heterocycles. The Bertz CT molecular complexity index is 948. The van der Waals surface area contributed by atoms with Gasteiger partial charge in [0.05, 0.1) is 0 Å². The maximum absolute atomic E-state index is 4.36. The Morgan fingerprint density at radius 3 is 1.95 bits per heavy atom. The Morgan fingerprint density at radius 1 is 1.03 bits per heavy atom. The first-order valence-corrected chi connectivity index (χ1v) is 13.7. The van der Waals surface area contributed by atoms with Crippen molar-refractivity contribution in [2.45, 2.75) is 82.1 Å². The van der Waals surface area contributed by atoms with Gasteiger partial charge in [-0.3, -0.25) is 4.99 Å². The predicted molar refractivity (Wildman–Crippen MR) is 178 cm³/mol. The number of pyridine rings is 1. The summed E-state index contributed by atoms with van der Waals surface area (Å²) in [6.45, 7) is 32.3. The standard InChI is InChI=1S/C15H22N2.C11H14.C4H7N.C3H8.C2H6/c1-12(2)10-13(3)8-9-17(5)15-7-6-14(4)11-16-15;1-8(2)11-7-9(3)5-6-10(11)4;1-3-4-5-2;1-3-2;1-2/h6-9,11-12H,3,10H2,1-2,4-5H3;5-7H,1H2,2-4H3;3-4H,1H2,2H3;3H2,1-2H3;1-2H3/b9-8-;;;;. The lowest BCUT2D eigenvalue weighted by Crippen LogP contribution is -2.09. The molecule has 0 N–H and O–H groups in total. The van der Waals surface area contributed by atoms with Gasteiger partial charge in [0.15, 0.2) is 0 Å². The first-order valence-electron chi connectivity index (χ1n) is 13.7. The first-order chi connectivity index (χ1) is 17.9. The van der Waals surface area contributed by atoms with E-state index in [0.717, 1.165) is 23.4 Å². The quantitative estimate of drug-likeness (QED) is 0.269. The van der Waals surface area contributed by atoms with Gasteiger partial charge in [0.1, 0.15) is 5.82 Å². The van der Waals surface area contributed by atoms with Gasteiger partial charge in [-0.25, -0.2) is 4.98 Å². The van der Waals surface area contributed by atoms with Crippen LogP contribution in [0.4, 0.5) is 5.82 Å². The topological polar surface area (TPSA) is 28.5 Å². The molecule has 1 heterocycles. The van der Waals surface area contributed by atoms with Crippen LogP contribution in [0.3, 0.4) is 0 Å². The summed E-state index contributed by atoms with van der Waals surface area (Å²) < 4.78 is 0. The molecule has 0 spiro atoms. The largest absolute Gasteiger partial charge is 0.336 e. The lowest BCUT2D eigenvalue weighted by atomic mass is 10.0. The molecule has 0 aliphatic carbocycles. The average Bonchev–Trinajstić information content (AvgIpc) is 2.87. The summed E-state index contributed by atoms with van der Waals surface area (Å²) in [7, 11) is 3.71. The molecule has 3 heteroatoms. The molecule has 212 valence electrons. The molecule has 0 fully saturated rings. The number of benzene rings is 1. The minimum atomic E-state index is 0.648. The molecule has 0 unspecified atom stereocenters. The summed E-state index contributed by atoms with van der Waals surface area (Å²) in [5.74, 6) is 1.60.